The van der Waals surface area contributed by atoms with Crippen LogP contribution in [-0.2, 0) is 6.42 Å². The van der Waals surface area contributed by atoms with E-state index in [0.717, 1.165) is 12.2 Å². The van der Waals surface area contributed by atoms with Gasteiger partial charge in [0.25, 0.3) is 0 Å². The number of benzene rings is 1. The number of allylic oxidation sites excluding steroid dienone is 1. The molecule has 0 amide bonds. The van der Waals surface area contributed by atoms with Gasteiger partial charge in [-0.05, 0) is 48.1 Å². The van der Waals surface area contributed by atoms with Gasteiger partial charge in [0, 0.05) is 6.54 Å². The van der Waals surface area contributed by atoms with Crippen LogP contribution in [0.2, 0.25) is 0 Å². The zero-order valence-corrected chi connectivity index (χ0v) is 9.12. The van der Waals surface area contributed by atoms with Crippen LogP contribution in [0.25, 0.3) is 5.57 Å². The predicted molar refractivity (Wildman–Crippen MR) is 63.0 cm³/mol. The molecule has 0 unspecified atom stereocenters. The van der Waals surface area contributed by atoms with Crippen molar-refractivity contribution in [3.8, 4) is 5.75 Å². The molecule has 1 aromatic carbocycles. The monoisotopic (exact) mass is 203 g/mol. The summed E-state index contributed by atoms with van der Waals surface area (Å²) in [6, 6.07) is 6.32. The molecule has 1 aromatic rings. The Morgan fingerprint density at radius 2 is 2.27 bits per heavy atom. The van der Waals surface area contributed by atoms with E-state index in [2.05, 4.69) is 18.2 Å². The van der Waals surface area contributed by atoms with Gasteiger partial charge in [-0.25, -0.2) is 0 Å². The van der Waals surface area contributed by atoms with Crippen LogP contribution in [-0.4, -0.2) is 13.7 Å². The summed E-state index contributed by atoms with van der Waals surface area (Å²) < 4.78 is 5.25. The summed E-state index contributed by atoms with van der Waals surface area (Å²) in [7, 11) is 1.71. The van der Waals surface area contributed by atoms with Crippen LogP contribution in [0, 0.1) is 0 Å². The highest BCUT2D eigenvalue weighted by molar-refractivity contribution is 5.71. The minimum absolute atomic E-state index is 0.617. The van der Waals surface area contributed by atoms with Crippen LogP contribution < -0.4 is 10.5 Å². The van der Waals surface area contributed by atoms with Gasteiger partial charge >= 0.3 is 0 Å². The van der Waals surface area contributed by atoms with E-state index >= 15 is 0 Å². The molecule has 0 fully saturated rings. The van der Waals surface area contributed by atoms with Crippen LogP contribution >= 0.6 is 0 Å². The van der Waals surface area contributed by atoms with Crippen molar-refractivity contribution in [2.24, 2.45) is 5.73 Å². The summed E-state index contributed by atoms with van der Waals surface area (Å²) >= 11 is 0. The molecule has 0 atom stereocenters. The van der Waals surface area contributed by atoms with Crippen molar-refractivity contribution >= 4 is 5.57 Å². The Labute approximate surface area is 90.7 Å². The summed E-state index contributed by atoms with van der Waals surface area (Å²) in [6.07, 6.45) is 5.65. The largest absolute Gasteiger partial charge is 0.497 e. The van der Waals surface area contributed by atoms with Crippen LogP contribution in [0.15, 0.2) is 24.3 Å². The third-order valence-electron chi connectivity index (χ3n) is 2.92. The quantitative estimate of drug-likeness (QED) is 0.801. The van der Waals surface area contributed by atoms with Gasteiger partial charge in [0.1, 0.15) is 5.75 Å². The number of fused-ring (bicyclic) bond motifs is 1. The maximum Gasteiger partial charge on any atom is 0.119 e. The normalized spacial score (nSPS) is 17.6. The van der Waals surface area contributed by atoms with Crippen LogP contribution in [0.3, 0.4) is 0 Å². The Hall–Kier alpha value is -1.28. The number of ether oxygens (including phenoxy) is 1. The summed E-state index contributed by atoms with van der Waals surface area (Å²) in [6.45, 7) is 0.617. The number of rotatable bonds is 2. The van der Waals surface area contributed by atoms with E-state index in [4.69, 9.17) is 10.5 Å². The Morgan fingerprint density at radius 1 is 1.40 bits per heavy atom. The van der Waals surface area contributed by atoms with Crippen molar-refractivity contribution in [1.29, 1.82) is 0 Å². The van der Waals surface area contributed by atoms with Crippen molar-refractivity contribution in [2.75, 3.05) is 13.7 Å². The van der Waals surface area contributed by atoms with Crippen molar-refractivity contribution in [3.05, 3.63) is 35.4 Å². The number of methoxy groups -OCH3 is 1. The first kappa shape index (κ1) is 10.2. The molecular weight excluding hydrogens is 186 g/mol. The second-order valence-electron chi connectivity index (χ2n) is 3.84. The van der Waals surface area contributed by atoms with E-state index in [-0.39, 0.29) is 0 Å². The molecule has 1 aliphatic rings. The molecule has 0 radical (unpaired) electrons. The lowest BCUT2D eigenvalue weighted by Gasteiger charge is -2.19. The zero-order valence-electron chi connectivity index (χ0n) is 9.12. The van der Waals surface area contributed by atoms with E-state index in [1.165, 1.54) is 29.5 Å². The highest BCUT2D eigenvalue weighted by Gasteiger charge is 2.14. The van der Waals surface area contributed by atoms with Gasteiger partial charge in [-0.1, -0.05) is 12.1 Å². The van der Waals surface area contributed by atoms with Crippen LogP contribution in [0.4, 0.5) is 0 Å². The molecule has 2 heteroatoms. The zero-order chi connectivity index (χ0) is 10.7. The van der Waals surface area contributed by atoms with Gasteiger partial charge in [-0.3, -0.25) is 0 Å². The van der Waals surface area contributed by atoms with E-state index in [9.17, 15) is 0 Å². The van der Waals surface area contributed by atoms with Gasteiger partial charge in [-0.15, -0.1) is 0 Å². The molecule has 2 nitrogen and oxygen atoms in total. The average Bonchev–Trinajstić information content (AvgIpc) is 2.29. The molecule has 0 heterocycles. The van der Waals surface area contributed by atoms with E-state index in [1.54, 1.807) is 7.11 Å². The SMILES string of the molecule is COc1ccc2c(c1)/C(=C\CN)CCC2. The number of hydrogen-bond donors (Lipinski definition) is 1. The van der Waals surface area contributed by atoms with Gasteiger partial charge < -0.3 is 10.5 Å². The lowest BCUT2D eigenvalue weighted by Crippen LogP contribution is -2.04. The molecule has 0 spiro atoms. The van der Waals surface area contributed by atoms with E-state index in [0.29, 0.717) is 6.54 Å². The smallest absolute Gasteiger partial charge is 0.119 e. The topological polar surface area (TPSA) is 35.2 Å². The van der Waals surface area contributed by atoms with Crippen molar-refractivity contribution < 1.29 is 4.74 Å². The first-order chi connectivity index (χ1) is 7.35. The number of hydrogen-bond acceptors (Lipinski definition) is 2. The maximum absolute atomic E-state index is 5.58. The van der Waals surface area contributed by atoms with Gasteiger partial charge in [0.2, 0.25) is 0 Å². The molecule has 1 aliphatic carbocycles. The Kier molecular flexibility index (Phi) is 3.07. The van der Waals surface area contributed by atoms with Gasteiger partial charge in [0.15, 0.2) is 0 Å². The fraction of sp³-hybridized carbons (Fsp3) is 0.385. The maximum atomic E-state index is 5.58. The van der Waals surface area contributed by atoms with Crippen molar-refractivity contribution in [2.45, 2.75) is 19.3 Å². The minimum Gasteiger partial charge on any atom is -0.497 e. The van der Waals surface area contributed by atoms with Crippen molar-refractivity contribution in [3.63, 3.8) is 0 Å². The first-order valence-corrected chi connectivity index (χ1v) is 5.41. The highest BCUT2D eigenvalue weighted by atomic mass is 16.5. The van der Waals surface area contributed by atoms with E-state index in [1.807, 2.05) is 6.07 Å². The Bertz CT molecular complexity index is 382. The standard InChI is InChI=1S/C13H17NO/c1-15-12-6-5-10-3-2-4-11(7-8-14)13(10)9-12/h5-7,9H,2-4,8,14H2,1H3/b11-7-. The molecule has 2 N–H and O–H groups in total. The molecule has 80 valence electrons. The van der Waals surface area contributed by atoms with Crippen molar-refractivity contribution in [1.82, 2.24) is 0 Å². The fourth-order valence-corrected chi connectivity index (χ4v) is 2.16. The fourth-order valence-electron chi connectivity index (χ4n) is 2.16. The molecule has 0 saturated heterocycles. The van der Waals surface area contributed by atoms with E-state index < -0.39 is 0 Å². The highest BCUT2D eigenvalue weighted by Crippen LogP contribution is 2.32. The molecule has 0 saturated carbocycles. The second-order valence-corrected chi connectivity index (χ2v) is 3.84. The minimum atomic E-state index is 0.617. The second kappa shape index (κ2) is 4.49. The molecule has 0 bridgehead atoms. The molecular formula is C13H17NO. The Morgan fingerprint density at radius 3 is 3.00 bits per heavy atom. The summed E-state index contributed by atoms with van der Waals surface area (Å²) in [5.74, 6) is 0.929. The van der Waals surface area contributed by atoms with Crippen LogP contribution in [0.1, 0.15) is 24.0 Å². The van der Waals surface area contributed by atoms with Gasteiger partial charge in [-0.2, -0.15) is 0 Å². The molecule has 0 aromatic heterocycles. The summed E-state index contributed by atoms with van der Waals surface area (Å²) in [4.78, 5) is 0. The lowest BCUT2D eigenvalue weighted by molar-refractivity contribution is 0.414. The first-order valence-electron chi connectivity index (χ1n) is 5.41. The van der Waals surface area contributed by atoms with Gasteiger partial charge in [0.05, 0.1) is 7.11 Å². The molecule has 2 rings (SSSR count). The third-order valence-corrected chi connectivity index (χ3v) is 2.92. The Balaban J connectivity index is 2.44. The van der Waals surface area contributed by atoms with Crippen LogP contribution in [0.5, 0.6) is 5.75 Å². The summed E-state index contributed by atoms with van der Waals surface area (Å²) in [5, 5.41) is 0. The molecule has 0 aliphatic heterocycles. The number of aryl methyl sites for hydroxylation is 1. The lowest BCUT2D eigenvalue weighted by atomic mass is 9.87. The number of nitrogens with two attached hydrogens (primary N) is 1. The average molecular weight is 203 g/mol. The molecule has 15 heavy (non-hydrogen) atoms. The third kappa shape index (κ3) is 2.05. The predicted octanol–water partition coefficient (Wildman–Crippen LogP) is 2.37. The summed E-state index contributed by atoms with van der Waals surface area (Å²) in [5.41, 5.74) is 9.70.